The molecule has 0 heterocycles. The minimum Gasteiger partial charge on any atom is -0.356 e. The summed E-state index contributed by atoms with van der Waals surface area (Å²) in [6.45, 7) is 0.798. The Labute approximate surface area is 125 Å². The molecular formula is C13H17BrINO. The fourth-order valence-electron chi connectivity index (χ4n) is 1.47. The van der Waals surface area contributed by atoms with Crippen molar-refractivity contribution in [1.29, 1.82) is 0 Å². The van der Waals surface area contributed by atoms with Crippen LogP contribution in [-0.4, -0.2) is 16.9 Å². The summed E-state index contributed by atoms with van der Waals surface area (Å²) in [5.41, 5.74) is 1.05. The molecule has 0 saturated carbocycles. The summed E-state index contributed by atoms with van der Waals surface area (Å²) in [6, 6.07) is 7.87. The molecular weight excluding hydrogens is 393 g/mol. The van der Waals surface area contributed by atoms with Gasteiger partial charge in [0, 0.05) is 11.0 Å². The van der Waals surface area contributed by atoms with E-state index in [1.165, 1.54) is 17.3 Å². The van der Waals surface area contributed by atoms with Gasteiger partial charge in [-0.3, -0.25) is 4.79 Å². The molecule has 0 aromatic heterocycles. The van der Waals surface area contributed by atoms with Crippen molar-refractivity contribution >= 4 is 44.4 Å². The lowest BCUT2D eigenvalue weighted by Gasteiger charge is -2.05. The molecule has 0 fully saturated rings. The standard InChI is InChI=1S/C13H17BrINO/c14-12-6-4-11(5-7-12)10-13(17)16-9-3-1-2-8-15/h4-7H,1-3,8-10H2,(H,16,17). The second kappa shape index (κ2) is 8.91. The highest BCUT2D eigenvalue weighted by atomic mass is 127. The zero-order valence-corrected chi connectivity index (χ0v) is 13.5. The summed E-state index contributed by atoms with van der Waals surface area (Å²) in [4.78, 5) is 11.6. The van der Waals surface area contributed by atoms with E-state index in [2.05, 4.69) is 43.8 Å². The average molecular weight is 410 g/mol. The number of alkyl halides is 1. The van der Waals surface area contributed by atoms with Crippen LogP contribution >= 0.6 is 38.5 Å². The van der Waals surface area contributed by atoms with Crippen molar-refractivity contribution in [2.75, 3.05) is 11.0 Å². The minimum atomic E-state index is 0.113. The van der Waals surface area contributed by atoms with Crippen molar-refractivity contribution in [1.82, 2.24) is 5.32 Å². The normalized spacial score (nSPS) is 10.2. The van der Waals surface area contributed by atoms with Crippen LogP contribution in [0.4, 0.5) is 0 Å². The molecule has 17 heavy (non-hydrogen) atoms. The Morgan fingerprint density at radius 2 is 1.88 bits per heavy atom. The van der Waals surface area contributed by atoms with Crippen LogP contribution in [0.5, 0.6) is 0 Å². The highest BCUT2D eigenvalue weighted by Crippen LogP contribution is 2.10. The van der Waals surface area contributed by atoms with Gasteiger partial charge in [-0.1, -0.05) is 57.1 Å². The fraction of sp³-hybridized carbons (Fsp3) is 0.462. The molecule has 1 N–H and O–H groups in total. The Morgan fingerprint density at radius 1 is 1.18 bits per heavy atom. The van der Waals surface area contributed by atoms with Crippen LogP contribution in [0.25, 0.3) is 0 Å². The molecule has 0 aliphatic carbocycles. The van der Waals surface area contributed by atoms with Crippen molar-refractivity contribution < 1.29 is 4.79 Å². The largest absolute Gasteiger partial charge is 0.356 e. The predicted molar refractivity (Wildman–Crippen MR) is 83.6 cm³/mol. The zero-order valence-electron chi connectivity index (χ0n) is 9.72. The van der Waals surface area contributed by atoms with E-state index in [0.29, 0.717) is 6.42 Å². The van der Waals surface area contributed by atoms with Crippen LogP contribution in [0.1, 0.15) is 24.8 Å². The number of hydrogen-bond acceptors (Lipinski definition) is 1. The zero-order chi connectivity index (χ0) is 12.5. The molecule has 4 heteroatoms. The van der Waals surface area contributed by atoms with Crippen molar-refractivity contribution in [3.8, 4) is 0 Å². The van der Waals surface area contributed by atoms with Gasteiger partial charge in [0.1, 0.15) is 0 Å². The van der Waals surface area contributed by atoms with Gasteiger partial charge in [-0.05, 0) is 35.0 Å². The molecule has 1 aromatic rings. The second-order valence-corrected chi connectivity index (χ2v) is 5.90. The first kappa shape index (κ1) is 15.0. The number of rotatable bonds is 7. The quantitative estimate of drug-likeness (QED) is 0.415. The van der Waals surface area contributed by atoms with E-state index >= 15 is 0 Å². The van der Waals surface area contributed by atoms with E-state index in [1.54, 1.807) is 0 Å². The summed E-state index contributed by atoms with van der Waals surface area (Å²) >= 11 is 5.76. The van der Waals surface area contributed by atoms with Gasteiger partial charge in [0.05, 0.1) is 6.42 Å². The second-order valence-electron chi connectivity index (χ2n) is 3.90. The molecule has 1 amide bonds. The summed E-state index contributed by atoms with van der Waals surface area (Å²) in [5, 5.41) is 2.95. The van der Waals surface area contributed by atoms with Crippen LogP contribution in [0.2, 0.25) is 0 Å². The molecule has 0 bridgehead atoms. The maximum atomic E-state index is 11.6. The van der Waals surface area contributed by atoms with Gasteiger partial charge in [0.25, 0.3) is 0 Å². The maximum absolute atomic E-state index is 11.6. The number of halogens is 2. The van der Waals surface area contributed by atoms with Gasteiger partial charge >= 0.3 is 0 Å². The number of amides is 1. The highest BCUT2D eigenvalue weighted by Gasteiger charge is 2.02. The molecule has 0 aliphatic heterocycles. The number of carbonyl (C=O) groups is 1. The minimum absolute atomic E-state index is 0.113. The summed E-state index contributed by atoms with van der Waals surface area (Å²) in [6.07, 6.45) is 3.99. The van der Waals surface area contributed by atoms with Gasteiger partial charge in [-0.2, -0.15) is 0 Å². The van der Waals surface area contributed by atoms with Crippen LogP contribution in [0, 0.1) is 0 Å². The first-order valence-corrected chi connectivity index (χ1v) is 8.11. The van der Waals surface area contributed by atoms with Crippen molar-refractivity contribution in [2.45, 2.75) is 25.7 Å². The number of hydrogen-bond donors (Lipinski definition) is 1. The van der Waals surface area contributed by atoms with Crippen molar-refractivity contribution in [2.24, 2.45) is 0 Å². The summed E-state index contributed by atoms with van der Waals surface area (Å²) in [5.74, 6) is 0.113. The Bertz CT molecular complexity index is 340. The van der Waals surface area contributed by atoms with E-state index in [1.807, 2.05) is 24.3 Å². The first-order valence-electron chi connectivity index (χ1n) is 5.79. The first-order chi connectivity index (χ1) is 8.22. The van der Waals surface area contributed by atoms with Crippen molar-refractivity contribution in [3.05, 3.63) is 34.3 Å². The molecule has 94 valence electrons. The Hall–Kier alpha value is -0.100. The number of unbranched alkanes of at least 4 members (excludes halogenated alkanes) is 2. The van der Waals surface area contributed by atoms with Gasteiger partial charge in [0.2, 0.25) is 5.91 Å². The van der Waals surface area contributed by atoms with Crippen LogP contribution in [-0.2, 0) is 11.2 Å². The number of benzene rings is 1. The van der Waals surface area contributed by atoms with Gasteiger partial charge < -0.3 is 5.32 Å². The molecule has 1 aromatic carbocycles. The topological polar surface area (TPSA) is 29.1 Å². The number of carbonyl (C=O) groups excluding carboxylic acids is 1. The smallest absolute Gasteiger partial charge is 0.224 e. The molecule has 0 unspecified atom stereocenters. The van der Waals surface area contributed by atoms with Gasteiger partial charge in [0.15, 0.2) is 0 Å². The lowest BCUT2D eigenvalue weighted by Crippen LogP contribution is -2.26. The molecule has 2 nitrogen and oxygen atoms in total. The summed E-state index contributed by atoms with van der Waals surface area (Å²) < 4.78 is 2.24. The summed E-state index contributed by atoms with van der Waals surface area (Å²) in [7, 11) is 0. The third kappa shape index (κ3) is 7.03. The van der Waals surface area contributed by atoms with Crippen molar-refractivity contribution in [3.63, 3.8) is 0 Å². The third-order valence-corrected chi connectivity index (χ3v) is 3.70. The van der Waals surface area contributed by atoms with E-state index in [4.69, 9.17) is 0 Å². The monoisotopic (exact) mass is 409 g/mol. The predicted octanol–water partition coefficient (Wildman–Crippen LogP) is 3.71. The molecule has 0 radical (unpaired) electrons. The van der Waals surface area contributed by atoms with Gasteiger partial charge in [-0.25, -0.2) is 0 Å². The van der Waals surface area contributed by atoms with Crippen LogP contribution in [0.3, 0.4) is 0 Å². The van der Waals surface area contributed by atoms with E-state index < -0.39 is 0 Å². The third-order valence-electron chi connectivity index (χ3n) is 2.41. The average Bonchev–Trinajstić information content (AvgIpc) is 2.32. The maximum Gasteiger partial charge on any atom is 0.224 e. The molecule has 0 spiro atoms. The SMILES string of the molecule is O=C(Cc1ccc(Br)cc1)NCCCCCI. The highest BCUT2D eigenvalue weighted by molar-refractivity contribution is 14.1. The van der Waals surface area contributed by atoms with E-state index in [0.717, 1.165) is 23.0 Å². The lowest BCUT2D eigenvalue weighted by atomic mass is 10.1. The number of nitrogens with one attached hydrogen (secondary N) is 1. The fourth-order valence-corrected chi connectivity index (χ4v) is 2.28. The molecule has 0 aliphatic rings. The van der Waals surface area contributed by atoms with Gasteiger partial charge in [-0.15, -0.1) is 0 Å². The van der Waals surface area contributed by atoms with Crippen LogP contribution in [0.15, 0.2) is 28.7 Å². The molecule has 1 rings (SSSR count). The lowest BCUT2D eigenvalue weighted by molar-refractivity contribution is -0.120. The van der Waals surface area contributed by atoms with E-state index in [9.17, 15) is 4.79 Å². The molecule has 0 saturated heterocycles. The molecule has 0 atom stereocenters. The van der Waals surface area contributed by atoms with Crippen LogP contribution < -0.4 is 5.32 Å². The Kier molecular flexibility index (Phi) is 7.84. The Balaban J connectivity index is 2.18. The Morgan fingerprint density at radius 3 is 2.53 bits per heavy atom. The van der Waals surface area contributed by atoms with E-state index in [-0.39, 0.29) is 5.91 Å².